The van der Waals surface area contributed by atoms with Crippen LogP contribution in [-0.4, -0.2) is 31.8 Å². The van der Waals surface area contributed by atoms with Gasteiger partial charge in [-0.05, 0) is 37.4 Å². The highest BCUT2D eigenvalue weighted by atomic mass is 19.4. The molecule has 1 aromatic rings. The van der Waals surface area contributed by atoms with Crippen LogP contribution in [0.25, 0.3) is 0 Å². The molecule has 0 aromatic heterocycles. The first-order valence-electron chi connectivity index (χ1n) is 7.31. The molecule has 0 aliphatic carbocycles. The molecule has 2 fully saturated rings. The number of benzene rings is 1. The number of hydrogen-bond donors (Lipinski definition) is 1. The summed E-state index contributed by atoms with van der Waals surface area (Å²) in [5, 5.41) is 3.23. The van der Waals surface area contributed by atoms with Crippen molar-refractivity contribution in [2.75, 3.05) is 24.6 Å². The SMILES string of the molecule is O=C1OCC(C2CCCNC2)N1c1ccccc1C(F)(F)F. The lowest BCUT2D eigenvalue weighted by Crippen LogP contribution is -2.46. The summed E-state index contributed by atoms with van der Waals surface area (Å²) in [6, 6.07) is 4.80. The normalized spacial score (nSPS) is 26.1. The fourth-order valence-electron chi connectivity index (χ4n) is 3.19. The number of hydrogen-bond acceptors (Lipinski definition) is 3. The lowest BCUT2D eigenvalue weighted by Gasteiger charge is -2.33. The van der Waals surface area contributed by atoms with E-state index in [4.69, 9.17) is 4.74 Å². The number of alkyl halides is 3. The molecular weight excluding hydrogens is 297 g/mol. The van der Waals surface area contributed by atoms with Gasteiger partial charge < -0.3 is 10.1 Å². The van der Waals surface area contributed by atoms with Gasteiger partial charge in [0.2, 0.25) is 0 Å². The minimum Gasteiger partial charge on any atom is -0.447 e. The molecule has 0 radical (unpaired) electrons. The summed E-state index contributed by atoms with van der Waals surface area (Å²) in [6.07, 6.45) is -3.38. The fraction of sp³-hybridized carbons (Fsp3) is 0.533. The average Bonchev–Trinajstić information content (AvgIpc) is 2.89. The van der Waals surface area contributed by atoms with Gasteiger partial charge in [-0.3, -0.25) is 4.90 Å². The summed E-state index contributed by atoms with van der Waals surface area (Å²) < 4.78 is 44.7. The number of amides is 1. The number of halogens is 3. The van der Waals surface area contributed by atoms with Crippen molar-refractivity contribution in [2.24, 2.45) is 5.92 Å². The third kappa shape index (κ3) is 2.77. The summed E-state index contributed by atoms with van der Waals surface area (Å²) in [5.74, 6) is 0.0986. The molecule has 2 aliphatic rings. The Balaban J connectivity index is 1.96. The van der Waals surface area contributed by atoms with E-state index in [2.05, 4.69) is 5.32 Å². The second-order valence-electron chi connectivity index (χ2n) is 5.64. The van der Waals surface area contributed by atoms with Gasteiger partial charge in [0.15, 0.2) is 0 Å². The number of nitrogens with zero attached hydrogens (tertiary/aromatic N) is 1. The van der Waals surface area contributed by atoms with Gasteiger partial charge in [-0.2, -0.15) is 13.2 Å². The van der Waals surface area contributed by atoms with Gasteiger partial charge in [0.1, 0.15) is 6.61 Å². The van der Waals surface area contributed by atoms with Gasteiger partial charge >= 0.3 is 12.3 Å². The van der Waals surface area contributed by atoms with E-state index in [1.165, 1.54) is 23.1 Å². The van der Waals surface area contributed by atoms with Crippen LogP contribution in [0.3, 0.4) is 0 Å². The molecule has 2 atom stereocenters. The molecule has 1 aromatic carbocycles. The fourth-order valence-corrected chi connectivity index (χ4v) is 3.19. The molecule has 2 aliphatic heterocycles. The molecule has 0 spiro atoms. The number of cyclic esters (lactones) is 1. The minimum absolute atomic E-state index is 0.0986. The van der Waals surface area contributed by atoms with Crippen LogP contribution in [0.1, 0.15) is 18.4 Å². The third-order valence-electron chi connectivity index (χ3n) is 4.25. The predicted octanol–water partition coefficient (Wildman–Crippen LogP) is 3.03. The zero-order valence-electron chi connectivity index (χ0n) is 11.9. The first kappa shape index (κ1) is 15.1. The first-order chi connectivity index (χ1) is 10.5. The summed E-state index contributed by atoms with van der Waals surface area (Å²) in [4.78, 5) is 13.2. The van der Waals surface area contributed by atoms with Crippen molar-refractivity contribution in [3.63, 3.8) is 0 Å². The Hall–Kier alpha value is -1.76. The number of nitrogens with one attached hydrogen (secondary N) is 1. The number of piperidine rings is 1. The van der Waals surface area contributed by atoms with Crippen molar-refractivity contribution >= 4 is 11.8 Å². The highest BCUT2D eigenvalue weighted by Crippen LogP contribution is 2.39. The second kappa shape index (κ2) is 5.79. The lowest BCUT2D eigenvalue weighted by molar-refractivity contribution is -0.137. The lowest BCUT2D eigenvalue weighted by atomic mass is 9.91. The Labute approximate surface area is 126 Å². The molecule has 22 heavy (non-hydrogen) atoms. The van der Waals surface area contributed by atoms with E-state index in [1.54, 1.807) is 0 Å². The van der Waals surface area contributed by atoms with E-state index in [9.17, 15) is 18.0 Å². The highest BCUT2D eigenvalue weighted by molar-refractivity contribution is 5.91. The molecule has 0 saturated carbocycles. The van der Waals surface area contributed by atoms with E-state index < -0.39 is 17.8 Å². The smallest absolute Gasteiger partial charge is 0.418 e. The highest BCUT2D eigenvalue weighted by Gasteiger charge is 2.44. The molecule has 1 amide bonds. The van der Waals surface area contributed by atoms with Crippen molar-refractivity contribution in [1.29, 1.82) is 0 Å². The molecular formula is C15H17F3N2O2. The number of carbonyl (C=O) groups is 1. The zero-order valence-corrected chi connectivity index (χ0v) is 11.9. The Morgan fingerprint density at radius 1 is 1.27 bits per heavy atom. The topological polar surface area (TPSA) is 41.6 Å². The average molecular weight is 314 g/mol. The van der Waals surface area contributed by atoms with E-state index in [0.29, 0.717) is 6.54 Å². The second-order valence-corrected chi connectivity index (χ2v) is 5.64. The van der Waals surface area contributed by atoms with Crippen molar-refractivity contribution < 1.29 is 22.7 Å². The van der Waals surface area contributed by atoms with Crippen molar-refractivity contribution in [2.45, 2.75) is 25.1 Å². The number of para-hydroxylation sites is 1. The summed E-state index contributed by atoms with van der Waals surface area (Å²) >= 11 is 0. The van der Waals surface area contributed by atoms with Crippen molar-refractivity contribution in [3.05, 3.63) is 29.8 Å². The predicted molar refractivity (Wildman–Crippen MR) is 74.7 cm³/mol. The Kier molecular flexibility index (Phi) is 3.99. The van der Waals surface area contributed by atoms with Gasteiger partial charge in [-0.25, -0.2) is 4.79 Å². The summed E-state index contributed by atoms with van der Waals surface area (Å²) in [5.41, 5.74) is -0.921. The molecule has 120 valence electrons. The largest absolute Gasteiger partial charge is 0.447 e. The maximum atomic E-state index is 13.2. The number of anilines is 1. The van der Waals surface area contributed by atoms with E-state index in [-0.39, 0.29) is 24.3 Å². The number of rotatable bonds is 2. The van der Waals surface area contributed by atoms with Crippen LogP contribution in [0.2, 0.25) is 0 Å². The Bertz CT molecular complexity index is 556. The van der Waals surface area contributed by atoms with Crippen LogP contribution in [0.15, 0.2) is 24.3 Å². The monoisotopic (exact) mass is 314 g/mol. The molecule has 7 heteroatoms. The Morgan fingerprint density at radius 2 is 2.05 bits per heavy atom. The van der Waals surface area contributed by atoms with E-state index in [0.717, 1.165) is 25.5 Å². The van der Waals surface area contributed by atoms with Crippen LogP contribution in [0, 0.1) is 5.92 Å². The van der Waals surface area contributed by atoms with Gasteiger partial charge in [0.05, 0.1) is 17.3 Å². The maximum absolute atomic E-state index is 13.2. The third-order valence-corrected chi connectivity index (χ3v) is 4.25. The summed E-state index contributed by atoms with van der Waals surface area (Å²) in [6.45, 7) is 1.72. The number of ether oxygens (including phenoxy) is 1. The molecule has 2 saturated heterocycles. The maximum Gasteiger partial charge on any atom is 0.418 e. The quantitative estimate of drug-likeness (QED) is 0.912. The molecule has 0 bridgehead atoms. The van der Waals surface area contributed by atoms with Gasteiger partial charge in [-0.1, -0.05) is 12.1 Å². The van der Waals surface area contributed by atoms with Crippen molar-refractivity contribution in [3.8, 4) is 0 Å². The van der Waals surface area contributed by atoms with Crippen molar-refractivity contribution in [1.82, 2.24) is 5.32 Å². The first-order valence-corrected chi connectivity index (χ1v) is 7.31. The standard InChI is InChI=1S/C15H17F3N2O2/c16-15(17,18)11-5-1-2-6-12(11)20-13(9-22-14(20)21)10-4-3-7-19-8-10/h1-2,5-6,10,13,19H,3-4,7-9H2. The Morgan fingerprint density at radius 3 is 2.73 bits per heavy atom. The molecule has 4 nitrogen and oxygen atoms in total. The van der Waals surface area contributed by atoms with E-state index in [1.807, 2.05) is 0 Å². The van der Waals surface area contributed by atoms with Crippen LogP contribution in [0.5, 0.6) is 0 Å². The molecule has 2 unspecified atom stereocenters. The number of carbonyl (C=O) groups excluding carboxylic acids is 1. The van der Waals surface area contributed by atoms with Gasteiger partial charge in [0, 0.05) is 6.54 Å². The van der Waals surface area contributed by atoms with Gasteiger partial charge in [0.25, 0.3) is 0 Å². The van der Waals surface area contributed by atoms with Crippen LogP contribution in [0.4, 0.5) is 23.7 Å². The van der Waals surface area contributed by atoms with Crippen LogP contribution < -0.4 is 10.2 Å². The van der Waals surface area contributed by atoms with Gasteiger partial charge in [-0.15, -0.1) is 0 Å². The molecule has 3 rings (SSSR count). The summed E-state index contributed by atoms with van der Waals surface area (Å²) in [7, 11) is 0. The van der Waals surface area contributed by atoms with E-state index >= 15 is 0 Å². The zero-order chi connectivity index (χ0) is 15.7. The van der Waals surface area contributed by atoms with Crippen LogP contribution in [-0.2, 0) is 10.9 Å². The molecule has 2 heterocycles. The van der Waals surface area contributed by atoms with Crippen LogP contribution >= 0.6 is 0 Å². The minimum atomic E-state index is -4.51. The molecule has 1 N–H and O–H groups in total.